The van der Waals surface area contributed by atoms with Crippen LogP contribution in [0.5, 0.6) is 0 Å². The molecule has 9 rings (SSSR count). The second-order valence-corrected chi connectivity index (χ2v) is 13.1. The standard InChI is InChI=1S/C47H35N3/c1-2-10-32(11-3-1)37-13-8-14-39(28-37)46-30-45(35-23-19-33(20-24-35)40-15-9-27-48-31-40)49-47(50-46)36-25-21-34(22-26-36)44-29-38-12-4-5-16-41(38)42-17-6-7-18-43(42)44/h1-31,42-43,46H,(H,49,50). The number of nitrogens with one attached hydrogen (secondary N) is 1. The summed E-state index contributed by atoms with van der Waals surface area (Å²) in [5.74, 6) is 1.53. The molecule has 2 heterocycles. The average Bonchev–Trinajstić information content (AvgIpc) is 3.21. The maximum atomic E-state index is 5.32. The topological polar surface area (TPSA) is 37.3 Å². The highest BCUT2D eigenvalue weighted by atomic mass is 15.0. The highest BCUT2D eigenvalue weighted by Crippen LogP contribution is 2.45. The molecule has 3 aliphatic rings. The van der Waals surface area contributed by atoms with E-state index in [4.69, 9.17) is 4.99 Å². The van der Waals surface area contributed by atoms with E-state index in [0.29, 0.717) is 11.8 Å². The summed E-state index contributed by atoms with van der Waals surface area (Å²) in [7, 11) is 0. The minimum absolute atomic E-state index is 0.153. The Balaban J connectivity index is 1.08. The van der Waals surface area contributed by atoms with Gasteiger partial charge in [0, 0.05) is 35.5 Å². The van der Waals surface area contributed by atoms with Crippen molar-refractivity contribution in [3.8, 4) is 22.3 Å². The van der Waals surface area contributed by atoms with E-state index >= 15 is 0 Å². The van der Waals surface area contributed by atoms with Gasteiger partial charge in [-0.2, -0.15) is 0 Å². The molecule has 0 amide bonds. The molecule has 0 bridgehead atoms. The van der Waals surface area contributed by atoms with Crippen molar-refractivity contribution in [2.45, 2.75) is 12.0 Å². The monoisotopic (exact) mass is 641 g/mol. The van der Waals surface area contributed by atoms with Crippen molar-refractivity contribution in [1.29, 1.82) is 0 Å². The zero-order valence-electron chi connectivity index (χ0n) is 27.5. The fourth-order valence-electron chi connectivity index (χ4n) is 7.44. The van der Waals surface area contributed by atoms with E-state index in [9.17, 15) is 0 Å². The minimum atomic E-state index is -0.153. The van der Waals surface area contributed by atoms with E-state index in [1.54, 1.807) is 6.20 Å². The van der Waals surface area contributed by atoms with Crippen molar-refractivity contribution < 1.29 is 0 Å². The number of hydrogen-bond donors (Lipinski definition) is 1. The van der Waals surface area contributed by atoms with Crippen LogP contribution in [0.1, 0.15) is 45.3 Å². The summed E-state index contributed by atoms with van der Waals surface area (Å²) in [6.07, 6.45) is 17.4. The Morgan fingerprint density at radius 3 is 2.02 bits per heavy atom. The lowest BCUT2D eigenvalue weighted by Crippen LogP contribution is -2.27. The number of nitrogens with zero attached hydrogens (tertiary/aromatic N) is 2. The maximum Gasteiger partial charge on any atom is 0.133 e. The van der Waals surface area contributed by atoms with Crippen molar-refractivity contribution in [3.05, 3.63) is 216 Å². The van der Waals surface area contributed by atoms with Gasteiger partial charge in [0.2, 0.25) is 0 Å². The number of rotatable bonds is 6. The highest BCUT2D eigenvalue weighted by Gasteiger charge is 2.30. The third-order valence-corrected chi connectivity index (χ3v) is 10.0. The van der Waals surface area contributed by atoms with E-state index in [2.05, 4.69) is 180 Å². The first-order chi connectivity index (χ1) is 24.8. The van der Waals surface area contributed by atoms with Crippen molar-refractivity contribution >= 4 is 23.2 Å². The molecule has 6 aromatic rings. The first kappa shape index (κ1) is 29.8. The lowest BCUT2D eigenvalue weighted by Gasteiger charge is -2.32. The van der Waals surface area contributed by atoms with Crippen LogP contribution in [0.2, 0.25) is 0 Å². The van der Waals surface area contributed by atoms with E-state index < -0.39 is 0 Å². The van der Waals surface area contributed by atoms with Crippen LogP contribution in [0, 0.1) is 5.92 Å². The Hall–Kier alpha value is -6.32. The number of aromatic nitrogens is 1. The molecule has 1 aliphatic heterocycles. The summed E-state index contributed by atoms with van der Waals surface area (Å²) in [5.41, 5.74) is 14.3. The van der Waals surface area contributed by atoms with Gasteiger partial charge in [0.05, 0.1) is 6.04 Å². The Morgan fingerprint density at radius 1 is 0.520 bits per heavy atom. The molecular weight excluding hydrogens is 607 g/mol. The molecule has 0 saturated heterocycles. The zero-order valence-corrected chi connectivity index (χ0v) is 27.5. The molecule has 5 aromatic carbocycles. The van der Waals surface area contributed by atoms with Crippen LogP contribution in [-0.4, -0.2) is 10.8 Å². The zero-order chi connectivity index (χ0) is 33.3. The summed E-state index contributed by atoms with van der Waals surface area (Å²) in [4.78, 5) is 9.63. The minimum Gasteiger partial charge on any atom is -0.340 e. The van der Waals surface area contributed by atoms with Gasteiger partial charge in [-0.25, -0.2) is 0 Å². The van der Waals surface area contributed by atoms with Gasteiger partial charge in [-0.3, -0.25) is 9.98 Å². The Morgan fingerprint density at radius 2 is 1.20 bits per heavy atom. The number of amidine groups is 1. The van der Waals surface area contributed by atoms with Crippen LogP contribution < -0.4 is 5.32 Å². The summed E-state index contributed by atoms with van der Waals surface area (Å²) >= 11 is 0. The Kier molecular flexibility index (Phi) is 7.71. The summed E-state index contributed by atoms with van der Waals surface area (Å²) in [6.45, 7) is 0. The SMILES string of the molecule is C1=CC2C(c3ccc(C4=NC(c5cccc(-c6ccccc6)c5)C=C(c5ccc(-c6cccnc6)cc5)N4)cc3)=Cc3ccccc3C2C=C1. The quantitative estimate of drug-likeness (QED) is 0.196. The Labute approximate surface area is 293 Å². The second kappa shape index (κ2) is 12.9. The molecule has 3 nitrogen and oxygen atoms in total. The molecule has 2 aliphatic carbocycles. The molecule has 0 fully saturated rings. The molecular formula is C47H35N3. The van der Waals surface area contributed by atoms with Gasteiger partial charge >= 0.3 is 0 Å². The van der Waals surface area contributed by atoms with Crippen LogP contribution in [0.4, 0.5) is 0 Å². The highest BCUT2D eigenvalue weighted by molar-refractivity contribution is 6.05. The number of aliphatic imine (C=N–C) groups is 1. The van der Waals surface area contributed by atoms with Gasteiger partial charge in [0.25, 0.3) is 0 Å². The fourth-order valence-corrected chi connectivity index (χ4v) is 7.44. The normalized spacial score (nSPS) is 19.0. The van der Waals surface area contributed by atoms with Gasteiger partial charge in [-0.1, -0.05) is 158 Å². The summed E-state index contributed by atoms with van der Waals surface area (Å²) in [6, 6.07) is 49.6. The lowest BCUT2D eigenvalue weighted by molar-refractivity contribution is 0.709. The third-order valence-electron chi connectivity index (χ3n) is 10.0. The molecule has 3 unspecified atom stereocenters. The van der Waals surface area contributed by atoms with Crippen molar-refractivity contribution in [1.82, 2.24) is 10.3 Å². The van der Waals surface area contributed by atoms with Gasteiger partial charge in [0.15, 0.2) is 0 Å². The molecule has 50 heavy (non-hydrogen) atoms. The molecule has 3 atom stereocenters. The number of pyridine rings is 1. The van der Waals surface area contributed by atoms with Crippen molar-refractivity contribution in [3.63, 3.8) is 0 Å². The summed E-state index contributed by atoms with van der Waals surface area (Å²) in [5, 5.41) is 3.71. The largest absolute Gasteiger partial charge is 0.340 e. The third kappa shape index (κ3) is 5.73. The van der Waals surface area contributed by atoms with Crippen LogP contribution in [0.3, 0.4) is 0 Å². The number of benzene rings is 5. The Bertz CT molecular complexity index is 2330. The van der Waals surface area contributed by atoms with E-state index in [0.717, 1.165) is 39.3 Å². The van der Waals surface area contributed by atoms with Gasteiger partial charge in [-0.15, -0.1) is 0 Å². The number of fused-ring (bicyclic) bond motifs is 3. The van der Waals surface area contributed by atoms with Crippen LogP contribution in [0.15, 0.2) is 187 Å². The van der Waals surface area contributed by atoms with Crippen molar-refractivity contribution in [2.24, 2.45) is 10.9 Å². The van der Waals surface area contributed by atoms with Crippen LogP contribution >= 0.6 is 0 Å². The van der Waals surface area contributed by atoms with E-state index in [1.165, 1.54) is 33.4 Å². The maximum absolute atomic E-state index is 5.32. The average molecular weight is 642 g/mol. The summed E-state index contributed by atoms with van der Waals surface area (Å²) < 4.78 is 0. The van der Waals surface area contributed by atoms with Gasteiger partial charge < -0.3 is 5.32 Å². The predicted octanol–water partition coefficient (Wildman–Crippen LogP) is 10.9. The smallest absolute Gasteiger partial charge is 0.133 e. The first-order valence-corrected chi connectivity index (χ1v) is 17.3. The molecule has 0 radical (unpaired) electrons. The van der Waals surface area contributed by atoms with E-state index in [-0.39, 0.29) is 6.04 Å². The van der Waals surface area contributed by atoms with Gasteiger partial charge in [-0.05, 0) is 73.9 Å². The number of hydrogen-bond acceptors (Lipinski definition) is 3. The molecule has 3 heteroatoms. The predicted molar refractivity (Wildman–Crippen MR) is 207 cm³/mol. The van der Waals surface area contributed by atoms with E-state index in [1.807, 2.05) is 12.3 Å². The molecule has 1 aromatic heterocycles. The van der Waals surface area contributed by atoms with Crippen LogP contribution in [0.25, 0.3) is 39.6 Å². The molecule has 0 saturated carbocycles. The van der Waals surface area contributed by atoms with Gasteiger partial charge in [0.1, 0.15) is 5.84 Å². The molecule has 1 N–H and O–H groups in total. The fraction of sp³-hybridized carbons (Fsp3) is 0.0638. The van der Waals surface area contributed by atoms with Crippen LogP contribution in [-0.2, 0) is 0 Å². The molecule has 238 valence electrons. The van der Waals surface area contributed by atoms with Crippen molar-refractivity contribution in [2.75, 3.05) is 0 Å². The number of allylic oxidation sites excluding steroid dienone is 5. The first-order valence-electron chi connectivity index (χ1n) is 17.3. The molecule has 0 spiro atoms. The second-order valence-electron chi connectivity index (χ2n) is 13.1. The lowest BCUT2D eigenvalue weighted by atomic mass is 9.71.